The minimum Gasteiger partial charge on any atom is -0.330 e. The van der Waals surface area contributed by atoms with Crippen LogP contribution in [-0.2, 0) is 0 Å². The maximum Gasteiger partial charge on any atom is 0.262 e. The van der Waals surface area contributed by atoms with Crippen molar-refractivity contribution in [2.24, 2.45) is 5.73 Å². The van der Waals surface area contributed by atoms with E-state index in [2.05, 4.69) is 20.9 Å². The van der Waals surface area contributed by atoms with Crippen molar-refractivity contribution in [1.29, 1.82) is 0 Å². The fourth-order valence-corrected chi connectivity index (χ4v) is 1.27. The number of hydrogen-bond donors (Lipinski definition) is 2. The predicted octanol–water partition coefficient (Wildman–Crippen LogP) is 1.20. The lowest BCUT2D eigenvalue weighted by molar-refractivity contribution is 0.767. The van der Waals surface area contributed by atoms with Crippen LogP contribution in [0.15, 0.2) is 21.5 Å². The summed E-state index contributed by atoms with van der Waals surface area (Å²) < 4.78 is 0.556. The van der Waals surface area contributed by atoms with Crippen LogP contribution in [0.5, 0.6) is 0 Å². The van der Waals surface area contributed by atoms with Crippen LogP contribution < -0.4 is 11.3 Å². The van der Waals surface area contributed by atoms with E-state index in [1.54, 1.807) is 12.3 Å². The van der Waals surface area contributed by atoms with Gasteiger partial charge < -0.3 is 10.7 Å². The minimum atomic E-state index is -0.108. The molecule has 0 aliphatic rings. The quantitative estimate of drug-likeness (QED) is 0.803. The molecule has 0 aromatic carbocycles. The lowest BCUT2D eigenvalue weighted by Crippen LogP contribution is -2.12. The Morgan fingerprint density at radius 2 is 2.42 bits per heavy atom. The summed E-state index contributed by atoms with van der Waals surface area (Å²) in [7, 11) is 0. The van der Waals surface area contributed by atoms with E-state index >= 15 is 0 Å². The van der Waals surface area contributed by atoms with Crippen molar-refractivity contribution in [2.75, 3.05) is 6.54 Å². The molecule has 1 aromatic rings. The van der Waals surface area contributed by atoms with E-state index in [4.69, 9.17) is 5.73 Å². The van der Waals surface area contributed by atoms with Crippen LogP contribution in [0, 0.1) is 0 Å². The molecule has 0 saturated heterocycles. The van der Waals surface area contributed by atoms with E-state index in [0.29, 0.717) is 11.0 Å². The van der Waals surface area contributed by atoms with Crippen LogP contribution >= 0.6 is 15.9 Å². The van der Waals surface area contributed by atoms with Gasteiger partial charge in [0.1, 0.15) is 0 Å². The molecular formula is C8H11BrN2O. The van der Waals surface area contributed by atoms with Crippen LogP contribution in [0.2, 0.25) is 0 Å². The summed E-state index contributed by atoms with van der Waals surface area (Å²) >= 11 is 3.16. The Labute approximate surface area is 79.1 Å². The number of rotatable bonds is 2. The van der Waals surface area contributed by atoms with E-state index in [1.807, 2.05) is 6.92 Å². The molecule has 1 atom stereocenters. The fourth-order valence-electron chi connectivity index (χ4n) is 0.892. The molecule has 0 aliphatic carbocycles. The van der Waals surface area contributed by atoms with Gasteiger partial charge in [-0.25, -0.2) is 0 Å². The van der Waals surface area contributed by atoms with Crippen molar-refractivity contribution in [1.82, 2.24) is 4.98 Å². The lowest BCUT2D eigenvalue weighted by atomic mass is 10.0. The van der Waals surface area contributed by atoms with Crippen molar-refractivity contribution < 1.29 is 0 Å². The van der Waals surface area contributed by atoms with Gasteiger partial charge in [-0.3, -0.25) is 4.79 Å². The molecule has 66 valence electrons. The SMILES string of the molecule is CC(CN)c1c[nH]c(=O)c(Br)c1. The smallest absolute Gasteiger partial charge is 0.262 e. The Balaban J connectivity index is 3.04. The average Bonchev–Trinajstić information content (AvgIpc) is 2.08. The van der Waals surface area contributed by atoms with Crippen LogP contribution in [-0.4, -0.2) is 11.5 Å². The number of H-pyrrole nitrogens is 1. The summed E-state index contributed by atoms with van der Waals surface area (Å²) in [6, 6.07) is 1.80. The molecule has 3 nitrogen and oxygen atoms in total. The van der Waals surface area contributed by atoms with Gasteiger partial charge in [-0.2, -0.15) is 0 Å². The number of aromatic amines is 1. The van der Waals surface area contributed by atoms with Crippen LogP contribution in [0.4, 0.5) is 0 Å². The van der Waals surface area contributed by atoms with Gasteiger partial charge in [0.2, 0.25) is 0 Å². The number of nitrogens with one attached hydrogen (secondary N) is 1. The molecule has 0 bridgehead atoms. The lowest BCUT2D eigenvalue weighted by Gasteiger charge is -2.07. The molecule has 0 fully saturated rings. The topological polar surface area (TPSA) is 58.9 Å². The molecule has 3 N–H and O–H groups in total. The van der Waals surface area contributed by atoms with Gasteiger partial charge >= 0.3 is 0 Å². The molecule has 4 heteroatoms. The Morgan fingerprint density at radius 1 is 1.75 bits per heavy atom. The predicted molar refractivity (Wildman–Crippen MR) is 52.2 cm³/mol. The standard InChI is InChI=1S/C8H11BrN2O/c1-5(3-10)6-2-7(9)8(12)11-4-6/h2,4-5H,3,10H2,1H3,(H,11,12). The zero-order chi connectivity index (χ0) is 9.14. The van der Waals surface area contributed by atoms with E-state index in [-0.39, 0.29) is 11.5 Å². The number of hydrogen-bond acceptors (Lipinski definition) is 2. The highest BCUT2D eigenvalue weighted by atomic mass is 79.9. The average molecular weight is 231 g/mol. The normalized spacial score (nSPS) is 12.9. The number of halogens is 1. The van der Waals surface area contributed by atoms with Crippen LogP contribution in [0.1, 0.15) is 18.4 Å². The number of nitrogens with two attached hydrogens (primary N) is 1. The first-order chi connectivity index (χ1) is 5.65. The van der Waals surface area contributed by atoms with Crippen LogP contribution in [0.3, 0.4) is 0 Å². The van der Waals surface area contributed by atoms with E-state index in [1.165, 1.54) is 0 Å². The molecule has 12 heavy (non-hydrogen) atoms. The molecule has 1 rings (SSSR count). The van der Waals surface area contributed by atoms with Gasteiger partial charge in [-0.1, -0.05) is 6.92 Å². The first-order valence-corrected chi connectivity index (χ1v) is 4.52. The maximum atomic E-state index is 10.9. The molecule has 0 saturated carbocycles. The van der Waals surface area contributed by atoms with Gasteiger partial charge in [-0.15, -0.1) is 0 Å². The van der Waals surface area contributed by atoms with Crippen molar-refractivity contribution >= 4 is 15.9 Å². The molecule has 1 heterocycles. The molecule has 1 unspecified atom stereocenters. The second kappa shape index (κ2) is 3.87. The second-order valence-corrected chi connectivity index (χ2v) is 3.60. The Bertz CT molecular complexity index is 321. The van der Waals surface area contributed by atoms with Gasteiger partial charge in [0.15, 0.2) is 0 Å². The zero-order valence-corrected chi connectivity index (χ0v) is 8.39. The molecule has 1 aromatic heterocycles. The van der Waals surface area contributed by atoms with Crippen molar-refractivity contribution in [3.05, 3.63) is 32.7 Å². The highest BCUT2D eigenvalue weighted by molar-refractivity contribution is 9.10. The van der Waals surface area contributed by atoms with Gasteiger partial charge in [0.25, 0.3) is 5.56 Å². The van der Waals surface area contributed by atoms with Crippen molar-refractivity contribution in [3.8, 4) is 0 Å². The Hall–Kier alpha value is -0.610. The summed E-state index contributed by atoms with van der Waals surface area (Å²) in [5.41, 5.74) is 6.42. The summed E-state index contributed by atoms with van der Waals surface area (Å²) in [6.45, 7) is 2.60. The summed E-state index contributed by atoms with van der Waals surface area (Å²) in [4.78, 5) is 13.6. The first kappa shape index (κ1) is 9.48. The van der Waals surface area contributed by atoms with Crippen molar-refractivity contribution in [2.45, 2.75) is 12.8 Å². The summed E-state index contributed by atoms with van der Waals surface area (Å²) in [6.07, 6.45) is 1.70. The Morgan fingerprint density at radius 3 is 2.92 bits per heavy atom. The van der Waals surface area contributed by atoms with Crippen LogP contribution in [0.25, 0.3) is 0 Å². The summed E-state index contributed by atoms with van der Waals surface area (Å²) in [5.74, 6) is 0.276. The molecule has 0 spiro atoms. The maximum absolute atomic E-state index is 10.9. The third-order valence-corrected chi connectivity index (χ3v) is 2.39. The second-order valence-electron chi connectivity index (χ2n) is 2.75. The first-order valence-electron chi connectivity index (χ1n) is 3.73. The number of aromatic nitrogens is 1. The Kier molecular flexibility index (Phi) is 3.05. The molecule has 0 aliphatic heterocycles. The van der Waals surface area contributed by atoms with Gasteiger partial charge in [-0.05, 0) is 40.0 Å². The number of pyridine rings is 1. The van der Waals surface area contributed by atoms with Gasteiger partial charge in [0, 0.05) is 6.20 Å². The zero-order valence-electron chi connectivity index (χ0n) is 6.80. The molecule has 0 radical (unpaired) electrons. The largest absolute Gasteiger partial charge is 0.330 e. The van der Waals surface area contributed by atoms with E-state index < -0.39 is 0 Å². The molecule has 0 amide bonds. The van der Waals surface area contributed by atoms with Crippen molar-refractivity contribution in [3.63, 3.8) is 0 Å². The highest BCUT2D eigenvalue weighted by Gasteiger charge is 2.04. The minimum absolute atomic E-state index is 0.108. The highest BCUT2D eigenvalue weighted by Crippen LogP contribution is 2.14. The third kappa shape index (κ3) is 1.95. The van der Waals surface area contributed by atoms with Gasteiger partial charge in [0.05, 0.1) is 4.47 Å². The third-order valence-electron chi connectivity index (χ3n) is 1.80. The fraction of sp³-hybridized carbons (Fsp3) is 0.375. The monoisotopic (exact) mass is 230 g/mol. The summed E-state index contributed by atoms with van der Waals surface area (Å²) in [5, 5.41) is 0. The van der Waals surface area contributed by atoms with E-state index in [9.17, 15) is 4.79 Å². The molecular weight excluding hydrogens is 220 g/mol. The van der Waals surface area contributed by atoms with E-state index in [0.717, 1.165) is 5.56 Å².